The van der Waals surface area contributed by atoms with Crippen molar-refractivity contribution in [2.45, 2.75) is 128 Å². The predicted octanol–water partition coefficient (Wildman–Crippen LogP) is 5.07. The zero-order chi connectivity index (χ0) is 50.5. The standard InChI is InChI=1S/C51H70N6O11/c1-31(2)26-33-11-16-36(17-12-33)32(3)46(61)54-25-23-41(52)48(63)55-30-34-13-19-38(20-14-34)44(58)29-40(28-35-15-18-37-8-4-5-9-39(37)27-35)47(62)53-24-7-6-10-42(49(64)65)56-51(68)57-43(50(66)67)21-22-45(59)60/h4-5,8-9,11-12,15-18,27,31-32,34,38,40-43H,6-7,10,13-14,19-26,28-30,52H2,1-3H3,(H,53,62)(H,54,61)(H,55,63)(H,59,60)(H,64,65)(H,66,67)(H2,56,57,68)/i/hD. The highest BCUT2D eigenvalue weighted by molar-refractivity contribution is 5.89. The molecule has 10 N–H and O–H groups in total. The zero-order valence-corrected chi connectivity index (χ0v) is 39.4. The average Bonchev–Trinajstić information content (AvgIpc) is 3.32. The zero-order valence-electron chi connectivity index (χ0n) is 40.4. The highest BCUT2D eigenvalue weighted by Gasteiger charge is 2.31. The van der Waals surface area contributed by atoms with E-state index >= 15 is 0 Å². The Bertz CT molecular complexity index is 2220. The van der Waals surface area contributed by atoms with Crippen LogP contribution >= 0.6 is 0 Å². The third kappa shape index (κ3) is 18.4. The van der Waals surface area contributed by atoms with E-state index in [4.69, 9.17) is 6.52 Å². The minimum Gasteiger partial charge on any atom is -0.481 e. The van der Waals surface area contributed by atoms with Gasteiger partial charge in [0.1, 0.15) is 19.3 Å². The second kappa shape index (κ2) is 27.5. The van der Waals surface area contributed by atoms with Gasteiger partial charge in [0, 0.05) is 44.3 Å². The van der Waals surface area contributed by atoms with E-state index in [1.807, 2.05) is 73.7 Å². The SMILES string of the molecule is [2H]NC(CCNC(=O)C(C)c1ccc(CC(C)C)cc1)C(=O)NCC1CCC(C(=O)CC(Cc2ccc3ccccc3c2)C(=O)NCCCCC(NC(=O)NC(CCC(=O)O)C(=O)O)C(=O)O)CC1. The summed E-state index contributed by atoms with van der Waals surface area (Å²) in [5.74, 6) is -5.53. The lowest BCUT2D eigenvalue weighted by Gasteiger charge is -2.29. The summed E-state index contributed by atoms with van der Waals surface area (Å²) in [5.41, 5.74) is 5.33. The number of Topliss-reactive ketones (excluding diaryl/α,β-unsaturated/α-hetero) is 1. The molecule has 0 heterocycles. The molecule has 0 aliphatic heterocycles. The highest BCUT2D eigenvalue weighted by Crippen LogP contribution is 2.31. The Balaban J connectivity index is 1.24. The number of hydrogen-bond acceptors (Lipinski definition) is 9. The van der Waals surface area contributed by atoms with Gasteiger partial charge in [-0.05, 0) is 117 Å². The number of carbonyl (C=O) groups is 8. The Morgan fingerprint density at radius 3 is 1.94 bits per heavy atom. The Labute approximate surface area is 399 Å². The number of nitrogens with two attached hydrogens (primary N) is 1. The smallest absolute Gasteiger partial charge is 0.326 e. The first-order valence-corrected chi connectivity index (χ1v) is 23.8. The van der Waals surface area contributed by atoms with E-state index in [0.717, 1.165) is 28.3 Å². The number of fused-ring (bicyclic) bond motifs is 1. The molecule has 5 atom stereocenters. The summed E-state index contributed by atoms with van der Waals surface area (Å²) < 4.78 is 7.75. The van der Waals surface area contributed by atoms with Crippen molar-refractivity contribution in [1.29, 1.82) is 0 Å². The third-order valence-electron chi connectivity index (χ3n) is 12.6. The van der Waals surface area contributed by atoms with Crippen LogP contribution in [-0.2, 0) is 46.4 Å². The number of benzene rings is 3. The van der Waals surface area contributed by atoms with Gasteiger partial charge in [-0.2, -0.15) is 0 Å². The van der Waals surface area contributed by atoms with Gasteiger partial charge in [0.05, 0.1) is 12.0 Å². The predicted molar refractivity (Wildman–Crippen MR) is 256 cm³/mol. The van der Waals surface area contributed by atoms with Gasteiger partial charge in [-0.25, -0.2) is 14.4 Å². The Kier molecular flexibility index (Phi) is 21.2. The third-order valence-corrected chi connectivity index (χ3v) is 12.6. The number of urea groups is 1. The first-order valence-electron chi connectivity index (χ1n) is 24.3. The summed E-state index contributed by atoms with van der Waals surface area (Å²) >= 11 is 0. The molecule has 4 rings (SSSR count). The van der Waals surface area contributed by atoms with Crippen LogP contribution in [0.4, 0.5) is 4.79 Å². The largest absolute Gasteiger partial charge is 0.481 e. The fraction of sp³-hybridized carbons (Fsp3) is 0.529. The van der Waals surface area contributed by atoms with Crippen molar-refractivity contribution in [3.63, 3.8) is 0 Å². The molecule has 1 saturated carbocycles. The number of amides is 5. The van der Waals surface area contributed by atoms with Crippen LogP contribution in [0, 0.1) is 23.7 Å². The maximum Gasteiger partial charge on any atom is 0.326 e. The number of ketones is 1. The first kappa shape index (κ1) is 52.6. The van der Waals surface area contributed by atoms with Crippen LogP contribution in [0.3, 0.4) is 0 Å². The van der Waals surface area contributed by atoms with Crippen LogP contribution in [0.15, 0.2) is 66.7 Å². The molecule has 5 amide bonds. The maximum atomic E-state index is 13.8. The van der Waals surface area contributed by atoms with E-state index in [1.165, 1.54) is 5.56 Å². The van der Waals surface area contributed by atoms with Crippen molar-refractivity contribution in [1.82, 2.24) is 26.6 Å². The molecule has 1 aliphatic carbocycles. The van der Waals surface area contributed by atoms with Crippen LogP contribution in [0.2, 0.25) is 1.41 Å². The number of hydrogen-bond donors (Lipinski definition) is 9. The summed E-state index contributed by atoms with van der Waals surface area (Å²) in [6.45, 7) is 6.93. The van der Waals surface area contributed by atoms with Crippen molar-refractivity contribution in [2.24, 2.45) is 29.4 Å². The fourth-order valence-corrected chi connectivity index (χ4v) is 8.53. The number of carboxylic acids is 3. The fourth-order valence-electron chi connectivity index (χ4n) is 8.53. The lowest BCUT2D eigenvalue weighted by atomic mass is 9.77. The molecule has 0 saturated heterocycles. The number of rotatable bonds is 29. The molecule has 17 nitrogen and oxygen atoms in total. The second-order valence-corrected chi connectivity index (χ2v) is 18.5. The number of unbranched alkanes of at least 4 members (excludes halogenated alkanes) is 1. The Morgan fingerprint density at radius 2 is 1.31 bits per heavy atom. The van der Waals surface area contributed by atoms with E-state index in [1.54, 1.807) is 0 Å². The Morgan fingerprint density at radius 1 is 0.676 bits per heavy atom. The van der Waals surface area contributed by atoms with Gasteiger partial charge in [0.25, 0.3) is 0 Å². The summed E-state index contributed by atoms with van der Waals surface area (Å²) in [6.07, 6.45) is 3.80. The summed E-state index contributed by atoms with van der Waals surface area (Å²) in [6, 6.07) is 17.0. The number of carbonyl (C=O) groups excluding carboxylic acids is 5. The molecule has 68 heavy (non-hydrogen) atoms. The van der Waals surface area contributed by atoms with Gasteiger partial charge >= 0.3 is 23.9 Å². The van der Waals surface area contributed by atoms with Crippen LogP contribution in [-0.4, -0.2) is 101 Å². The van der Waals surface area contributed by atoms with E-state index < -0.39 is 54.4 Å². The topological polar surface area (TPSA) is 283 Å². The van der Waals surface area contributed by atoms with Crippen molar-refractivity contribution in [2.75, 3.05) is 19.6 Å². The molecule has 0 bridgehead atoms. The maximum absolute atomic E-state index is 13.8. The monoisotopic (exact) mass is 944 g/mol. The highest BCUT2D eigenvalue weighted by atomic mass is 16.4. The van der Waals surface area contributed by atoms with Crippen molar-refractivity contribution in [3.8, 4) is 0 Å². The first-order chi connectivity index (χ1) is 32.9. The molecule has 0 radical (unpaired) electrons. The molecule has 370 valence electrons. The van der Waals surface area contributed by atoms with Gasteiger partial charge in [0.2, 0.25) is 17.7 Å². The van der Waals surface area contributed by atoms with Crippen LogP contribution in [0.1, 0.15) is 114 Å². The lowest BCUT2D eigenvalue weighted by Crippen LogP contribution is -2.51. The molecule has 0 spiro atoms. The van der Waals surface area contributed by atoms with Gasteiger partial charge < -0.3 is 47.6 Å². The number of aliphatic carboxylic acids is 3. The molecule has 1 fully saturated rings. The van der Waals surface area contributed by atoms with E-state index in [2.05, 4.69) is 46.2 Å². The summed E-state index contributed by atoms with van der Waals surface area (Å²) in [7, 11) is 0. The summed E-state index contributed by atoms with van der Waals surface area (Å²) in [4.78, 5) is 100. The minimum absolute atomic E-state index is 0.0156. The average molecular weight is 944 g/mol. The molecule has 1 aliphatic rings. The van der Waals surface area contributed by atoms with Crippen molar-refractivity contribution < 1.29 is 55.1 Å². The quantitative estimate of drug-likeness (QED) is 0.0413. The molecular weight excluding hydrogens is 873 g/mol. The molecule has 3 aromatic carbocycles. The number of nitrogens with one attached hydrogen (secondary N) is 5. The van der Waals surface area contributed by atoms with Gasteiger partial charge in [-0.3, -0.25) is 24.0 Å². The minimum atomic E-state index is -1.53. The number of carboxylic acid groups (broad SMARTS) is 3. The van der Waals surface area contributed by atoms with E-state index in [0.29, 0.717) is 51.0 Å². The van der Waals surface area contributed by atoms with Crippen LogP contribution in [0.25, 0.3) is 10.8 Å². The molecule has 5 unspecified atom stereocenters. The van der Waals surface area contributed by atoms with E-state index in [-0.39, 0.29) is 86.5 Å². The normalized spacial score (nSPS) is 17.1. The molecule has 17 heteroatoms. The van der Waals surface area contributed by atoms with Gasteiger partial charge in [0.15, 0.2) is 0 Å². The van der Waals surface area contributed by atoms with Crippen LogP contribution in [0.5, 0.6) is 0 Å². The summed E-state index contributed by atoms with van der Waals surface area (Å²) in [5, 5.41) is 42.9. The van der Waals surface area contributed by atoms with E-state index in [9.17, 15) is 48.6 Å². The molecular formula is C51H70N6O11. The second-order valence-electron chi connectivity index (χ2n) is 18.5. The van der Waals surface area contributed by atoms with Gasteiger partial charge in [-0.1, -0.05) is 80.6 Å². The molecule has 3 aromatic rings. The van der Waals surface area contributed by atoms with Crippen molar-refractivity contribution >= 4 is 58.2 Å². The lowest BCUT2D eigenvalue weighted by molar-refractivity contribution is -0.141. The Hall–Kier alpha value is -6.36. The molecule has 0 aromatic heterocycles. The van der Waals surface area contributed by atoms with Crippen molar-refractivity contribution in [3.05, 3.63) is 83.4 Å². The van der Waals surface area contributed by atoms with Crippen LogP contribution < -0.4 is 32.3 Å². The van der Waals surface area contributed by atoms with Gasteiger partial charge in [-0.15, -0.1) is 0 Å².